The Morgan fingerprint density at radius 2 is 2.05 bits per heavy atom. The van der Waals surface area contributed by atoms with Gasteiger partial charge in [0, 0.05) is 25.1 Å². The number of amides is 2. The molecule has 0 radical (unpaired) electrons. The molecule has 0 spiro atoms. The highest BCUT2D eigenvalue weighted by Crippen LogP contribution is 2.24. The van der Waals surface area contributed by atoms with Crippen molar-refractivity contribution in [2.24, 2.45) is 0 Å². The molecule has 1 aliphatic heterocycles. The van der Waals surface area contributed by atoms with E-state index in [0.29, 0.717) is 13.1 Å². The van der Waals surface area contributed by atoms with Gasteiger partial charge in [-0.3, -0.25) is 0 Å². The molecule has 2 N–H and O–H groups in total. The van der Waals surface area contributed by atoms with Crippen molar-refractivity contribution >= 4 is 6.03 Å². The molecule has 122 valence electrons. The number of ether oxygens (including phenoxy) is 2. The van der Waals surface area contributed by atoms with Crippen LogP contribution in [-0.2, 0) is 10.2 Å². The van der Waals surface area contributed by atoms with Crippen molar-refractivity contribution in [2.75, 3.05) is 26.8 Å². The summed E-state index contributed by atoms with van der Waals surface area (Å²) < 4.78 is 10.7. The molecule has 1 unspecified atom stereocenters. The van der Waals surface area contributed by atoms with Gasteiger partial charge in [-0.2, -0.15) is 0 Å². The van der Waals surface area contributed by atoms with Gasteiger partial charge in [0.15, 0.2) is 0 Å². The Morgan fingerprint density at radius 1 is 1.32 bits per heavy atom. The Hall–Kier alpha value is -1.75. The van der Waals surface area contributed by atoms with Gasteiger partial charge < -0.3 is 20.1 Å². The zero-order valence-corrected chi connectivity index (χ0v) is 13.6. The summed E-state index contributed by atoms with van der Waals surface area (Å²) in [5.41, 5.74) is 1.01. The second kappa shape index (κ2) is 7.49. The van der Waals surface area contributed by atoms with Crippen molar-refractivity contribution in [3.8, 4) is 5.75 Å². The van der Waals surface area contributed by atoms with E-state index in [4.69, 9.17) is 9.47 Å². The van der Waals surface area contributed by atoms with Crippen LogP contribution in [0.5, 0.6) is 5.75 Å². The molecule has 1 aromatic carbocycles. The van der Waals surface area contributed by atoms with E-state index < -0.39 is 0 Å². The lowest BCUT2D eigenvalue weighted by Gasteiger charge is -2.26. The zero-order valence-electron chi connectivity index (χ0n) is 13.6. The second-order valence-electron chi connectivity index (χ2n) is 6.31. The molecule has 0 aromatic heterocycles. The minimum absolute atomic E-state index is 0.142. The van der Waals surface area contributed by atoms with Crippen molar-refractivity contribution in [3.05, 3.63) is 29.8 Å². The van der Waals surface area contributed by atoms with Crippen molar-refractivity contribution in [3.63, 3.8) is 0 Å². The van der Waals surface area contributed by atoms with Gasteiger partial charge in [-0.25, -0.2) is 4.79 Å². The summed E-state index contributed by atoms with van der Waals surface area (Å²) in [7, 11) is 1.65. The molecular formula is C17H26N2O3. The van der Waals surface area contributed by atoms with Crippen LogP contribution >= 0.6 is 0 Å². The number of urea groups is 1. The molecule has 22 heavy (non-hydrogen) atoms. The molecule has 5 nitrogen and oxygen atoms in total. The summed E-state index contributed by atoms with van der Waals surface area (Å²) >= 11 is 0. The van der Waals surface area contributed by atoms with E-state index in [1.54, 1.807) is 7.11 Å². The van der Waals surface area contributed by atoms with E-state index in [1.807, 2.05) is 24.3 Å². The number of carbonyl (C=O) groups is 1. The van der Waals surface area contributed by atoms with Crippen molar-refractivity contribution in [2.45, 2.75) is 38.2 Å². The lowest BCUT2D eigenvalue weighted by molar-refractivity contribution is 0.111. The van der Waals surface area contributed by atoms with Crippen LogP contribution in [0.3, 0.4) is 0 Å². The van der Waals surface area contributed by atoms with Crippen LogP contribution in [0.1, 0.15) is 32.3 Å². The van der Waals surface area contributed by atoms with Gasteiger partial charge in [0.05, 0.1) is 13.2 Å². The van der Waals surface area contributed by atoms with Crippen LogP contribution in [-0.4, -0.2) is 38.9 Å². The highest BCUT2D eigenvalue weighted by molar-refractivity contribution is 5.74. The molecule has 1 heterocycles. The summed E-state index contributed by atoms with van der Waals surface area (Å²) in [5.74, 6) is 0.835. The maximum atomic E-state index is 11.9. The number of methoxy groups -OCH3 is 1. The summed E-state index contributed by atoms with van der Waals surface area (Å²) in [5, 5.41) is 5.81. The van der Waals surface area contributed by atoms with E-state index in [9.17, 15) is 4.79 Å². The van der Waals surface area contributed by atoms with E-state index in [-0.39, 0.29) is 17.6 Å². The standard InChI is InChI=1S/C17H26N2O3/c1-17(2,13-6-8-14(21-3)9-7-13)12-19-16(20)18-11-15-5-4-10-22-15/h6-9,15H,4-5,10-12H2,1-3H3,(H2,18,19,20). The third-order valence-corrected chi connectivity index (χ3v) is 4.08. The van der Waals surface area contributed by atoms with Gasteiger partial charge in [0.25, 0.3) is 0 Å². The molecule has 1 aliphatic rings. The number of carbonyl (C=O) groups excluding carboxylic acids is 1. The Morgan fingerprint density at radius 3 is 2.64 bits per heavy atom. The highest BCUT2D eigenvalue weighted by atomic mass is 16.5. The SMILES string of the molecule is COc1ccc(C(C)(C)CNC(=O)NCC2CCCO2)cc1. The average Bonchev–Trinajstić information content (AvgIpc) is 3.04. The first-order valence-corrected chi connectivity index (χ1v) is 7.79. The first kappa shape index (κ1) is 16.6. The summed E-state index contributed by atoms with van der Waals surface area (Å²) in [4.78, 5) is 11.9. The maximum absolute atomic E-state index is 11.9. The van der Waals surface area contributed by atoms with Crippen LogP contribution in [0.4, 0.5) is 4.79 Å². The first-order chi connectivity index (χ1) is 10.5. The third kappa shape index (κ3) is 4.63. The summed E-state index contributed by atoms with van der Waals surface area (Å²) in [6, 6.07) is 7.80. The minimum Gasteiger partial charge on any atom is -0.497 e. The van der Waals surface area contributed by atoms with Gasteiger partial charge in [-0.1, -0.05) is 26.0 Å². The predicted molar refractivity (Wildman–Crippen MR) is 86.4 cm³/mol. The fourth-order valence-electron chi connectivity index (χ4n) is 2.52. The number of hydrogen-bond donors (Lipinski definition) is 2. The van der Waals surface area contributed by atoms with Crippen LogP contribution in [0.2, 0.25) is 0 Å². The first-order valence-electron chi connectivity index (χ1n) is 7.79. The van der Waals surface area contributed by atoms with Crippen molar-refractivity contribution in [1.29, 1.82) is 0 Å². The molecule has 0 saturated carbocycles. The van der Waals surface area contributed by atoms with Crippen LogP contribution in [0.15, 0.2) is 24.3 Å². The number of rotatable bonds is 6. The smallest absolute Gasteiger partial charge is 0.314 e. The molecule has 0 bridgehead atoms. The largest absolute Gasteiger partial charge is 0.497 e. The second-order valence-corrected chi connectivity index (χ2v) is 6.31. The van der Waals surface area contributed by atoms with Gasteiger partial charge >= 0.3 is 6.03 Å². The van der Waals surface area contributed by atoms with Gasteiger partial charge in [-0.15, -0.1) is 0 Å². The Balaban J connectivity index is 1.78. The lowest BCUT2D eigenvalue weighted by atomic mass is 9.84. The lowest BCUT2D eigenvalue weighted by Crippen LogP contribution is -2.44. The van der Waals surface area contributed by atoms with Crippen LogP contribution in [0, 0.1) is 0 Å². The Labute approximate surface area is 132 Å². The van der Waals surface area contributed by atoms with E-state index in [1.165, 1.54) is 0 Å². The van der Waals surface area contributed by atoms with Crippen molar-refractivity contribution in [1.82, 2.24) is 10.6 Å². The van der Waals surface area contributed by atoms with Crippen LogP contribution < -0.4 is 15.4 Å². The quantitative estimate of drug-likeness (QED) is 0.849. The molecular weight excluding hydrogens is 280 g/mol. The molecule has 5 heteroatoms. The predicted octanol–water partition coefficient (Wildman–Crippen LogP) is 2.45. The molecule has 1 atom stereocenters. The third-order valence-electron chi connectivity index (χ3n) is 4.08. The van der Waals surface area contributed by atoms with Crippen LogP contribution in [0.25, 0.3) is 0 Å². The van der Waals surface area contributed by atoms with E-state index in [0.717, 1.165) is 30.8 Å². The van der Waals surface area contributed by atoms with Crippen molar-refractivity contribution < 1.29 is 14.3 Å². The molecule has 1 aromatic rings. The van der Waals surface area contributed by atoms with E-state index in [2.05, 4.69) is 24.5 Å². The van der Waals surface area contributed by atoms with E-state index >= 15 is 0 Å². The fraction of sp³-hybridized carbons (Fsp3) is 0.588. The normalized spacial score (nSPS) is 18.0. The molecule has 2 rings (SSSR count). The minimum atomic E-state index is -0.145. The van der Waals surface area contributed by atoms with Gasteiger partial charge in [0.1, 0.15) is 5.75 Å². The fourth-order valence-corrected chi connectivity index (χ4v) is 2.52. The zero-order chi connectivity index (χ0) is 16.0. The van der Waals surface area contributed by atoms with Gasteiger partial charge in [-0.05, 0) is 30.5 Å². The number of nitrogens with one attached hydrogen (secondary N) is 2. The molecule has 2 amide bonds. The number of benzene rings is 1. The Kier molecular flexibility index (Phi) is 5.66. The number of hydrogen-bond acceptors (Lipinski definition) is 3. The topological polar surface area (TPSA) is 59.6 Å². The molecule has 1 fully saturated rings. The molecule has 0 aliphatic carbocycles. The monoisotopic (exact) mass is 306 g/mol. The van der Waals surface area contributed by atoms with Gasteiger partial charge in [0.2, 0.25) is 0 Å². The molecule has 1 saturated heterocycles. The summed E-state index contributed by atoms with van der Waals surface area (Å²) in [6.07, 6.45) is 2.27. The Bertz CT molecular complexity index is 479. The maximum Gasteiger partial charge on any atom is 0.314 e. The average molecular weight is 306 g/mol. The highest BCUT2D eigenvalue weighted by Gasteiger charge is 2.22. The summed E-state index contributed by atoms with van der Waals surface area (Å²) in [6.45, 7) is 6.16.